The monoisotopic (exact) mass is 270 g/mol. The molecule has 3 nitrogen and oxygen atoms in total. The number of carbonyl (C=O) groups excluding carboxylic acids is 1. The predicted molar refractivity (Wildman–Crippen MR) is 64.5 cm³/mol. The highest BCUT2D eigenvalue weighted by Crippen LogP contribution is 2.10. The number of hydrogen-bond donors (Lipinski definition) is 1. The molecule has 15 heavy (non-hydrogen) atoms. The summed E-state index contributed by atoms with van der Waals surface area (Å²) in [4.78, 5) is 12.6. The van der Waals surface area contributed by atoms with E-state index in [1.807, 2.05) is 24.1 Å². The topological polar surface area (TPSA) is 46.3 Å². The number of carbonyl (C=O) groups is 1. The SMILES string of the molecule is CN(CCc1ccc(Br)cc1)CC(N)=O. The molecule has 2 N–H and O–H groups in total. The van der Waals surface area contributed by atoms with Crippen molar-refractivity contribution in [1.82, 2.24) is 4.90 Å². The molecule has 1 amide bonds. The van der Waals surface area contributed by atoms with E-state index in [4.69, 9.17) is 5.73 Å². The summed E-state index contributed by atoms with van der Waals surface area (Å²) >= 11 is 3.39. The molecule has 0 radical (unpaired) electrons. The van der Waals surface area contributed by atoms with Crippen LogP contribution in [0.5, 0.6) is 0 Å². The van der Waals surface area contributed by atoms with E-state index in [0.717, 1.165) is 17.4 Å². The fourth-order valence-corrected chi connectivity index (χ4v) is 1.58. The number of benzene rings is 1. The van der Waals surface area contributed by atoms with Gasteiger partial charge >= 0.3 is 0 Å². The largest absolute Gasteiger partial charge is 0.369 e. The highest BCUT2D eigenvalue weighted by atomic mass is 79.9. The van der Waals surface area contributed by atoms with Crippen LogP contribution in [0.3, 0.4) is 0 Å². The van der Waals surface area contributed by atoms with E-state index in [0.29, 0.717) is 6.54 Å². The van der Waals surface area contributed by atoms with Crippen LogP contribution in [0.15, 0.2) is 28.7 Å². The van der Waals surface area contributed by atoms with Gasteiger partial charge in [-0.25, -0.2) is 0 Å². The van der Waals surface area contributed by atoms with Crippen LogP contribution >= 0.6 is 15.9 Å². The Balaban J connectivity index is 2.36. The molecule has 0 atom stereocenters. The third kappa shape index (κ3) is 4.95. The first-order valence-corrected chi connectivity index (χ1v) is 5.58. The summed E-state index contributed by atoms with van der Waals surface area (Å²) in [5.74, 6) is -0.284. The van der Waals surface area contributed by atoms with Crippen LogP contribution in [0.4, 0.5) is 0 Å². The Morgan fingerprint density at radius 3 is 2.53 bits per heavy atom. The first-order valence-electron chi connectivity index (χ1n) is 4.79. The zero-order valence-electron chi connectivity index (χ0n) is 8.74. The Morgan fingerprint density at radius 1 is 1.40 bits per heavy atom. The van der Waals surface area contributed by atoms with Crippen molar-refractivity contribution in [2.75, 3.05) is 20.1 Å². The zero-order chi connectivity index (χ0) is 11.3. The van der Waals surface area contributed by atoms with Crippen molar-refractivity contribution in [3.63, 3.8) is 0 Å². The number of primary amides is 1. The Bertz CT molecular complexity index is 324. The molecule has 4 heteroatoms. The lowest BCUT2D eigenvalue weighted by Crippen LogP contribution is -2.32. The van der Waals surface area contributed by atoms with E-state index in [1.54, 1.807) is 0 Å². The molecule has 0 aromatic heterocycles. The van der Waals surface area contributed by atoms with E-state index in [1.165, 1.54) is 5.56 Å². The molecule has 0 aliphatic rings. The average Bonchev–Trinajstić information content (AvgIpc) is 2.16. The van der Waals surface area contributed by atoms with Gasteiger partial charge in [0, 0.05) is 11.0 Å². The summed E-state index contributed by atoms with van der Waals surface area (Å²) in [6, 6.07) is 8.18. The molecule has 0 heterocycles. The van der Waals surface area contributed by atoms with E-state index >= 15 is 0 Å². The molecular formula is C11H15BrN2O. The van der Waals surface area contributed by atoms with Crippen LogP contribution in [0.25, 0.3) is 0 Å². The molecule has 0 aliphatic carbocycles. The maximum absolute atomic E-state index is 10.6. The summed E-state index contributed by atoms with van der Waals surface area (Å²) in [7, 11) is 1.89. The van der Waals surface area contributed by atoms with Crippen molar-refractivity contribution in [3.8, 4) is 0 Å². The molecule has 0 spiro atoms. The lowest BCUT2D eigenvalue weighted by atomic mass is 10.1. The molecule has 0 saturated carbocycles. The minimum absolute atomic E-state index is 0.284. The number of nitrogens with two attached hydrogens (primary N) is 1. The van der Waals surface area contributed by atoms with Gasteiger partial charge in [0.25, 0.3) is 0 Å². The van der Waals surface area contributed by atoms with Gasteiger partial charge in [-0.3, -0.25) is 9.69 Å². The molecule has 0 aliphatic heterocycles. The average molecular weight is 271 g/mol. The summed E-state index contributed by atoms with van der Waals surface area (Å²) in [6.45, 7) is 1.15. The number of amides is 1. The number of hydrogen-bond acceptors (Lipinski definition) is 2. The van der Waals surface area contributed by atoms with Gasteiger partial charge in [-0.15, -0.1) is 0 Å². The van der Waals surface area contributed by atoms with Crippen LogP contribution in [-0.4, -0.2) is 30.9 Å². The third-order valence-electron chi connectivity index (χ3n) is 2.12. The zero-order valence-corrected chi connectivity index (χ0v) is 10.3. The van der Waals surface area contributed by atoms with Crippen LogP contribution in [0, 0.1) is 0 Å². The molecule has 1 aromatic rings. The van der Waals surface area contributed by atoms with Crippen molar-refractivity contribution in [2.45, 2.75) is 6.42 Å². The molecule has 0 fully saturated rings. The molecule has 1 aromatic carbocycles. The standard InChI is InChI=1S/C11H15BrN2O/c1-14(8-11(13)15)7-6-9-2-4-10(12)5-3-9/h2-5H,6-8H2,1H3,(H2,13,15). The smallest absolute Gasteiger partial charge is 0.231 e. The van der Waals surface area contributed by atoms with Crippen molar-refractivity contribution in [3.05, 3.63) is 34.3 Å². The first-order chi connectivity index (χ1) is 7.08. The van der Waals surface area contributed by atoms with Crippen LogP contribution in [0.2, 0.25) is 0 Å². The normalized spacial score (nSPS) is 10.6. The lowest BCUT2D eigenvalue weighted by molar-refractivity contribution is -0.118. The second-order valence-electron chi connectivity index (χ2n) is 3.58. The van der Waals surface area contributed by atoms with E-state index < -0.39 is 0 Å². The Labute approximate surface area is 98.4 Å². The van der Waals surface area contributed by atoms with Gasteiger partial charge in [0.2, 0.25) is 5.91 Å². The number of likely N-dealkylation sites (N-methyl/N-ethyl adjacent to an activating group) is 1. The van der Waals surface area contributed by atoms with Crippen LogP contribution in [0.1, 0.15) is 5.56 Å². The van der Waals surface area contributed by atoms with E-state index in [9.17, 15) is 4.79 Å². The minimum atomic E-state index is -0.284. The first kappa shape index (κ1) is 12.2. The second kappa shape index (κ2) is 5.88. The Morgan fingerprint density at radius 2 is 2.00 bits per heavy atom. The highest BCUT2D eigenvalue weighted by molar-refractivity contribution is 9.10. The summed E-state index contributed by atoms with van der Waals surface area (Å²) < 4.78 is 1.08. The van der Waals surface area contributed by atoms with Gasteiger partial charge in [0.05, 0.1) is 6.54 Å². The van der Waals surface area contributed by atoms with Crippen molar-refractivity contribution in [1.29, 1.82) is 0 Å². The van der Waals surface area contributed by atoms with Gasteiger partial charge in [-0.2, -0.15) is 0 Å². The Kier molecular flexibility index (Phi) is 4.78. The van der Waals surface area contributed by atoms with E-state index in [-0.39, 0.29) is 5.91 Å². The molecule has 0 bridgehead atoms. The lowest BCUT2D eigenvalue weighted by Gasteiger charge is -2.13. The fraction of sp³-hybridized carbons (Fsp3) is 0.364. The quantitative estimate of drug-likeness (QED) is 0.880. The predicted octanol–water partition coefficient (Wildman–Crippen LogP) is 1.41. The second-order valence-corrected chi connectivity index (χ2v) is 4.50. The van der Waals surface area contributed by atoms with Crippen molar-refractivity contribution in [2.24, 2.45) is 5.73 Å². The van der Waals surface area contributed by atoms with Gasteiger partial charge in [0.15, 0.2) is 0 Å². The highest BCUT2D eigenvalue weighted by Gasteiger charge is 2.02. The summed E-state index contributed by atoms with van der Waals surface area (Å²) in [5.41, 5.74) is 6.35. The van der Waals surface area contributed by atoms with Gasteiger partial charge in [-0.1, -0.05) is 28.1 Å². The van der Waals surface area contributed by atoms with Crippen LogP contribution in [-0.2, 0) is 11.2 Å². The maximum atomic E-state index is 10.6. The van der Waals surface area contributed by atoms with Gasteiger partial charge in [-0.05, 0) is 31.2 Å². The molecular weight excluding hydrogens is 256 g/mol. The minimum Gasteiger partial charge on any atom is -0.369 e. The Hall–Kier alpha value is -0.870. The number of nitrogens with zero attached hydrogens (tertiary/aromatic N) is 1. The molecule has 0 unspecified atom stereocenters. The van der Waals surface area contributed by atoms with Gasteiger partial charge < -0.3 is 5.73 Å². The fourth-order valence-electron chi connectivity index (χ4n) is 1.32. The van der Waals surface area contributed by atoms with Crippen molar-refractivity contribution < 1.29 is 4.79 Å². The molecule has 0 saturated heterocycles. The summed E-state index contributed by atoms with van der Waals surface area (Å²) in [5, 5.41) is 0. The number of rotatable bonds is 5. The molecule has 1 rings (SSSR count). The van der Waals surface area contributed by atoms with Crippen molar-refractivity contribution >= 4 is 21.8 Å². The summed E-state index contributed by atoms with van der Waals surface area (Å²) in [6.07, 6.45) is 0.928. The van der Waals surface area contributed by atoms with Gasteiger partial charge in [0.1, 0.15) is 0 Å². The third-order valence-corrected chi connectivity index (χ3v) is 2.65. The molecule has 82 valence electrons. The number of halogens is 1. The van der Waals surface area contributed by atoms with E-state index in [2.05, 4.69) is 28.1 Å². The maximum Gasteiger partial charge on any atom is 0.231 e. The van der Waals surface area contributed by atoms with Crippen LogP contribution < -0.4 is 5.73 Å².